The van der Waals surface area contributed by atoms with Crippen molar-refractivity contribution in [1.29, 1.82) is 0 Å². The molecule has 1 rings (SSSR count). The van der Waals surface area contributed by atoms with E-state index in [1.807, 2.05) is 0 Å². The van der Waals surface area contributed by atoms with Crippen molar-refractivity contribution in [2.24, 2.45) is 11.7 Å². The third-order valence-electron chi connectivity index (χ3n) is 4.03. The van der Waals surface area contributed by atoms with E-state index < -0.39 is 0 Å². The van der Waals surface area contributed by atoms with Crippen LogP contribution < -0.4 is 5.73 Å². The first kappa shape index (κ1) is 14.9. The standard InChI is InChI=1S/C13H27N3S/c1-5-11(2)10-15-6-8-16(9-7-15)13(3,4)12(14)17/h11H,5-10H2,1-4H3,(H2,14,17). The van der Waals surface area contributed by atoms with Crippen LogP contribution in [0.3, 0.4) is 0 Å². The van der Waals surface area contributed by atoms with Crippen LogP contribution in [-0.2, 0) is 0 Å². The Hall–Kier alpha value is -0.190. The van der Waals surface area contributed by atoms with E-state index in [0.29, 0.717) is 4.99 Å². The van der Waals surface area contributed by atoms with Crippen molar-refractivity contribution in [2.75, 3.05) is 32.7 Å². The zero-order chi connectivity index (χ0) is 13.1. The Morgan fingerprint density at radius 1 is 1.29 bits per heavy atom. The molecule has 1 fully saturated rings. The van der Waals surface area contributed by atoms with Crippen molar-refractivity contribution in [2.45, 2.75) is 39.7 Å². The Bertz CT molecular complexity index is 257. The van der Waals surface area contributed by atoms with Gasteiger partial charge in [-0.1, -0.05) is 32.5 Å². The molecule has 2 N–H and O–H groups in total. The first-order valence-corrected chi connectivity index (χ1v) is 7.06. The van der Waals surface area contributed by atoms with E-state index in [9.17, 15) is 0 Å². The Kier molecular flexibility index (Phi) is 5.35. The molecule has 1 unspecified atom stereocenters. The summed E-state index contributed by atoms with van der Waals surface area (Å²) in [5, 5.41) is 0. The molecule has 0 bridgehead atoms. The number of nitrogens with zero attached hydrogens (tertiary/aromatic N) is 2. The minimum absolute atomic E-state index is 0.141. The molecule has 100 valence electrons. The van der Waals surface area contributed by atoms with Crippen LogP contribution in [0.15, 0.2) is 0 Å². The maximum absolute atomic E-state index is 5.81. The first-order valence-electron chi connectivity index (χ1n) is 6.65. The van der Waals surface area contributed by atoms with Crippen LogP contribution in [0.25, 0.3) is 0 Å². The second kappa shape index (κ2) is 6.12. The molecule has 0 radical (unpaired) electrons. The minimum atomic E-state index is -0.141. The molecule has 3 nitrogen and oxygen atoms in total. The molecule has 4 heteroatoms. The van der Waals surface area contributed by atoms with E-state index in [1.165, 1.54) is 13.0 Å². The highest BCUT2D eigenvalue weighted by atomic mass is 32.1. The fourth-order valence-corrected chi connectivity index (χ4v) is 2.34. The van der Waals surface area contributed by atoms with Crippen molar-refractivity contribution >= 4 is 17.2 Å². The van der Waals surface area contributed by atoms with Crippen LogP contribution in [-0.4, -0.2) is 53.1 Å². The Morgan fingerprint density at radius 3 is 2.24 bits per heavy atom. The summed E-state index contributed by atoms with van der Waals surface area (Å²) < 4.78 is 0. The summed E-state index contributed by atoms with van der Waals surface area (Å²) in [7, 11) is 0. The third-order valence-corrected chi connectivity index (χ3v) is 4.53. The van der Waals surface area contributed by atoms with Crippen molar-refractivity contribution in [3.63, 3.8) is 0 Å². The average Bonchev–Trinajstić information content (AvgIpc) is 2.29. The summed E-state index contributed by atoms with van der Waals surface area (Å²) in [6, 6.07) is 0. The molecule has 1 aliphatic rings. The lowest BCUT2D eigenvalue weighted by Crippen LogP contribution is -2.59. The number of hydrogen-bond acceptors (Lipinski definition) is 3. The van der Waals surface area contributed by atoms with Gasteiger partial charge < -0.3 is 10.6 Å². The molecule has 1 saturated heterocycles. The Labute approximate surface area is 111 Å². The zero-order valence-corrected chi connectivity index (χ0v) is 12.5. The number of thiocarbonyl (C=S) groups is 1. The van der Waals surface area contributed by atoms with Crippen LogP contribution in [0.4, 0.5) is 0 Å². The van der Waals surface area contributed by atoms with Gasteiger partial charge in [0.25, 0.3) is 0 Å². The van der Waals surface area contributed by atoms with Gasteiger partial charge in [0, 0.05) is 32.7 Å². The smallest absolute Gasteiger partial charge is 0.0928 e. The second-order valence-corrected chi connectivity index (χ2v) is 6.16. The van der Waals surface area contributed by atoms with Crippen LogP contribution in [0.1, 0.15) is 34.1 Å². The molecule has 0 saturated carbocycles. The molecule has 0 aromatic carbocycles. The minimum Gasteiger partial charge on any atom is -0.392 e. The quantitative estimate of drug-likeness (QED) is 0.760. The fourth-order valence-electron chi connectivity index (χ4n) is 2.22. The number of rotatable bonds is 5. The lowest BCUT2D eigenvalue weighted by Gasteiger charge is -2.43. The van der Waals surface area contributed by atoms with Crippen LogP contribution in [0.5, 0.6) is 0 Å². The summed E-state index contributed by atoms with van der Waals surface area (Å²) >= 11 is 5.15. The molecule has 1 aliphatic heterocycles. The first-order chi connectivity index (χ1) is 7.87. The van der Waals surface area contributed by atoms with E-state index in [1.54, 1.807) is 0 Å². The summed E-state index contributed by atoms with van der Waals surface area (Å²) in [4.78, 5) is 5.57. The molecule has 0 aliphatic carbocycles. The summed E-state index contributed by atoms with van der Waals surface area (Å²) in [6.07, 6.45) is 1.26. The van der Waals surface area contributed by atoms with Gasteiger partial charge in [-0.05, 0) is 19.8 Å². The second-order valence-electron chi connectivity index (χ2n) is 5.72. The Morgan fingerprint density at radius 2 is 1.82 bits per heavy atom. The van der Waals surface area contributed by atoms with Gasteiger partial charge in [-0.25, -0.2) is 0 Å². The predicted octanol–water partition coefficient (Wildman–Crippen LogP) is 1.71. The predicted molar refractivity (Wildman–Crippen MR) is 78.3 cm³/mol. The summed E-state index contributed by atoms with van der Waals surface area (Å²) in [5.41, 5.74) is 5.67. The highest BCUT2D eigenvalue weighted by molar-refractivity contribution is 7.80. The monoisotopic (exact) mass is 257 g/mol. The topological polar surface area (TPSA) is 32.5 Å². The number of nitrogens with two attached hydrogens (primary N) is 1. The molecular weight excluding hydrogens is 230 g/mol. The van der Waals surface area contributed by atoms with Gasteiger partial charge in [-0.3, -0.25) is 4.90 Å². The van der Waals surface area contributed by atoms with E-state index >= 15 is 0 Å². The Balaban J connectivity index is 2.43. The maximum atomic E-state index is 5.81. The van der Waals surface area contributed by atoms with E-state index in [-0.39, 0.29) is 5.54 Å². The van der Waals surface area contributed by atoms with Gasteiger partial charge in [0.05, 0.1) is 10.5 Å². The van der Waals surface area contributed by atoms with Gasteiger partial charge in [0.2, 0.25) is 0 Å². The van der Waals surface area contributed by atoms with E-state index in [0.717, 1.165) is 32.1 Å². The van der Waals surface area contributed by atoms with Gasteiger partial charge in [0.1, 0.15) is 0 Å². The van der Waals surface area contributed by atoms with E-state index in [4.69, 9.17) is 18.0 Å². The van der Waals surface area contributed by atoms with Gasteiger partial charge >= 0.3 is 0 Å². The van der Waals surface area contributed by atoms with E-state index in [2.05, 4.69) is 37.5 Å². The molecule has 0 spiro atoms. The maximum Gasteiger partial charge on any atom is 0.0928 e. The molecule has 1 atom stereocenters. The normalized spacial score (nSPS) is 21.4. The van der Waals surface area contributed by atoms with Crippen LogP contribution >= 0.6 is 12.2 Å². The molecule has 0 aromatic heterocycles. The molecule has 17 heavy (non-hydrogen) atoms. The largest absolute Gasteiger partial charge is 0.392 e. The zero-order valence-electron chi connectivity index (χ0n) is 11.7. The lowest BCUT2D eigenvalue weighted by atomic mass is 10.0. The average molecular weight is 257 g/mol. The van der Waals surface area contributed by atoms with Gasteiger partial charge in [-0.2, -0.15) is 0 Å². The number of piperazine rings is 1. The van der Waals surface area contributed by atoms with Gasteiger partial charge in [0.15, 0.2) is 0 Å². The molecule has 0 aromatic rings. The fraction of sp³-hybridized carbons (Fsp3) is 0.923. The van der Waals surface area contributed by atoms with Crippen molar-refractivity contribution in [1.82, 2.24) is 9.80 Å². The highest BCUT2D eigenvalue weighted by Crippen LogP contribution is 2.18. The molecule has 1 heterocycles. The SMILES string of the molecule is CCC(C)CN1CCN(C(C)(C)C(N)=S)CC1. The molecule has 0 amide bonds. The third kappa shape index (κ3) is 3.90. The van der Waals surface area contributed by atoms with Crippen molar-refractivity contribution in [3.8, 4) is 0 Å². The van der Waals surface area contributed by atoms with Crippen LogP contribution in [0, 0.1) is 5.92 Å². The lowest BCUT2D eigenvalue weighted by molar-refractivity contribution is 0.0780. The summed E-state index contributed by atoms with van der Waals surface area (Å²) in [5.74, 6) is 0.796. The highest BCUT2D eigenvalue weighted by Gasteiger charge is 2.32. The number of hydrogen-bond donors (Lipinski definition) is 1. The summed E-state index contributed by atoms with van der Waals surface area (Å²) in [6.45, 7) is 14.5. The van der Waals surface area contributed by atoms with Crippen LogP contribution in [0.2, 0.25) is 0 Å². The molecular formula is C13H27N3S. The van der Waals surface area contributed by atoms with Gasteiger partial charge in [-0.15, -0.1) is 0 Å². The van der Waals surface area contributed by atoms with Crippen molar-refractivity contribution < 1.29 is 0 Å². The van der Waals surface area contributed by atoms with Crippen molar-refractivity contribution in [3.05, 3.63) is 0 Å².